The van der Waals surface area contributed by atoms with E-state index in [1.54, 1.807) is 0 Å². The van der Waals surface area contributed by atoms with Gasteiger partial charge in [-0.25, -0.2) is 4.98 Å². The summed E-state index contributed by atoms with van der Waals surface area (Å²) in [6.45, 7) is 1.89. The van der Waals surface area contributed by atoms with Crippen molar-refractivity contribution in [1.82, 2.24) is 4.98 Å². The summed E-state index contributed by atoms with van der Waals surface area (Å²) in [5.74, 6) is 0.301. The number of carbonyl (C=O) groups is 2. The number of aromatic nitrogens is 1. The average molecular weight is 359 g/mol. The molecule has 1 heterocycles. The number of anilines is 2. The first kappa shape index (κ1) is 19.1. The summed E-state index contributed by atoms with van der Waals surface area (Å²) >= 11 is 1.41. The number of nitrogens with one attached hydrogen (secondary N) is 1. The zero-order chi connectivity index (χ0) is 18.1. The number of thiazole rings is 1. The van der Waals surface area contributed by atoms with Crippen LogP contribution in [0.4, 0.5) is 10.8 Å². The number of rotatable bonds is 10. The van der Waals surface area contributed by atoms with Crippen LogP contribution in [-0.4, -0.2) is 16.7 Å². The lowest BCUT2D eigenvalue weighted by atomic mass is 10.1. The Morgan fingerprint density at radius 2 is 1.92 bits per heavy atom. The second-order valence-electron chi connectivity index (χ2n) is 6.02. The molecule has 5 nitrogen and oxygen atoms in total. The van der Waals surface area contributed by atoms with E-state index in [0.717, 1.165) is 36.9 Å². The highest BCUT2D eigenvalue weighted by Gasteiger charge is 2.08. The Hall–Kier alpha value is -2.21. The van der Waals surface area contributed by atoms with Gasteiger partial charge in [0, 0.05) is 35.9 Å². The Balaban J connectivity index is 1.70. The average Bonchev–Trinajstić information content (AvgIpc) is 3.06. The van der Waals surface area contributed by atoms with Crippen LogP contribution in [0.25, 0.3) is 11.3 Å². The molecule has 0 atom stereocenters. The van der Waals surface area contributed by atoms with Gasteiger partial charge in [-0.05, 0) is 25.0 Å². The minimum atomic E-state index is -0.0156. The third kappa shape index (κ3) is 6.66. The van der Waals surface area contributed by atoms with Crippen LogP contribution in [0.15, 0.2) is 29.6 Å². The van der Waals surface area contributed by atoms with Gasteiger partial charge in [0.25, 0.3) is 0 Å². The molecule has 0 spiro atoms. The molecule has 0 bridgehead atoms. The first-order valence-electron chi connectivity index (χ1n) is 8.71. The van der Waals surface area contributed by atoms with Gasteiger partial charge in [0.05, 0.1) is 5.69 Å². The number of unbranched alkanes of at least 4 members (excludes halogenated alkanes) is 3. The van der Waals surface area contributed by atoms with E-state index in [9.17, 15) is 9.59 Å². The molecule has 0 unspecified atom stereocenters. The predicted octanol–water partition coefficient (Wildman–Crippen LogP) is 4.65. The molecule has 134 valence electrons. The summed E-state index contributed by atoms with van der Waals surface area (Å²) in [4.78, 5) is 27.6. The number of nitrogens with zero attached hydrogens (tertiary/aromatic N) is 1. The monoisotopic (exact) mass is 359 g/mol. The van der Waals surface area contributed by atoms with E-state index >= 15 is 0 Å². The molecule has 0 aliphatic rings. The van der Waals surface area contributed by atoms with Crippen molar-refractivity contribution in [2.24, 2.45) is 0 Å². The largest absolute Gasteiger partial charge is 0.399 e. The Labute approximate surface area is 152 Å². The smallest absolute Gasteiger partial charge is 0.226 e. The summed E-state index contributed by atoms with van der Waals surface area (Å²) in [6.07, 6.45) is 5.48. The van der Waals surface area contributed by atoms with Gasteiger partial charge in [-0.2, -0.15) is 0 Å². The quantitative estimate of drug-likeness (QED) is 0.477. The zero-order valence-corrected chi connectivity index (χ0v) is 15.4. The topological polar surface area (TPSA) is 85.1 Å². The Kier molecular flexibility index (Phi) is 7.60. The molecular weight excluding hydrogens is 334 g/mol. The molecule has 0 fully saturated rings. The lowest BCUT2D eigenvalue weighted by Crippen LogP contribution is -2.10. The fourth-order valence-electron chi connectivity index (χ4n) is 2.48. The minimum Gasteiger partial charge on any atom is -0.399 e. The lowest BCUT2D eigenvalue weighted by molar-refractivity contribution is -0.119. The van der Waals surface area contributed by atoms with Crippen LogP contribution in [0.5, 0.6) is 0 Å². The maximum Gasteiger partial charge on any atom is 0.226 e. The molecule has 1 amide bonds. The standard InChI is InChI=1S/C19H25N3O2S/c1-2-16(23)10-5-3-4-6-11-18(24)22-19-21-17(13-25-19)14-8-7-9-15(20)12-14/h7-9,12-13H,2-6,10-11,20H2,1H3,(H,21,22,24). The van der Waals surface area contributed by atoms with E-state index in [1.807, 2.05) is 36.6 Å². The number of hydrogen-bond acceptors (Lipinski definition) is 5. The Morgan fingerprint density at radius 3 is 2.64 bits per heavy atom. The molecular formula is C19H25N3O2S. The SMILES string of the molecule is CCC(=O)CCCCCCC(=O)Nc1nc(-c2cccc(N)c2)cs1. The summed E-state index contributed by atoms with van der Waals surface area (Å²) in [6, 6.07) is 7.53. The van der Waals surface area contributed by atoms with E-state index in [1.165, 1.54) is 11.3 Å². The third-order valence-electron chi connectivity index (χ3n) is 3.94. The van der Waals surface area contributed by atoms with Crippen molar-refractivity contribution >= 4 is 33.8 Å². The van der Waals surface area contributed by atoms with E-state index in [2.05, 4.69) is 10.3 Å². The number of carbonyl (C=O) groups excluding carboxylic acids is 2. The lowest BCUT2D eigenvalue weighted by Gasteiger charge is -2.02. The highest BCUT2D eigenvalue weighted by Crippen LogP contribution is 2.26. The molecule has 0 saturated heterocycles. The van der Waals surface area contributed by atoms with Crippen LogP contribution < -0.4 is 11.1 Å². The summed E-state index contributed by atoms with van der Waals surface area (Å²) < 4.78 is 0. The van der Waals surface area contributed by atoms with Crippen molar-refractivity contribution in [3.05, 3.63) is 29.6 Å². The second kappa shape index (κ2) is 9.93. The van der Waals surface area contributed by atoms with Gasteiger partial charge in [-0.15, -0.1) is 11.3 Å². The maximum atomic E-state index is 12.0. The summed E-state index contributed by atoms with van der Waals surface area (Å²) in [5.41, 5.74) is 8.23. The fraction of sp³-hybridized carbons (Fsp3) is 0.421. The van der Waals surface area contributed by atoms with Crippen molar-refractivity contribution in [2.75, 3.05) is 11.1 Å². The number of amides is 1. The number of nitrogens with two attached hydrogens (primary N) is 1. The van der Waals surface area contributed by atoms with Gasteiger partial charge in [0.15, 0.2) is 5.13 Å². The maximum absolute atomic E-state index is 12.0. The first-order valence-corrected chi connectivity index (χ1v) is 9.59. The highest BCUT2D eigenvalue weighted by molar-refractivity contribution is 7.14. The van der Waals surface area contributed by atoms with E-state index in [0.29, 0.717) is 35.9 Å². The molecule has 2 rings (SSSR count). The van der Waals surface area contributed by atoms with Crippen molar-refractivity contribution in [3.63, 3.8) is 0 Å². The van der Waals surface area contributed by atoms with Gasteiger partial charge >= 0.3 is 0 Å². The number of Topliss-reactive ketones (excluding diaryl/α,β-unsaturated/α-hetero) is 1. The van der Waals surface area contributed by atoms with Crippen molar-refractivity contribution in [3.8, 4) is 11.3 Å². The fourth-order valence-corrected chi connectivity index (χ4v) is 3.22. The van der Waals surface area contributed by atoms with Crippen molar-refractivity contribution in [1.29, 1.82) is 0 Å². The van der Waals surface area contributed by atoms with Gasteiger partial charge in [-0.3, -0.25) is 9.59 Å². The van der Waals surface area contributed by atoms with E-state index in [4.69, 9.17) is 5.73 Å². The Morgan fingerprint density at radius 1 is 1.16 bits per heavy atom. The normalized spacial score (nSPS) is 10.6. The molecule has 0 aliphatic heterocycles. The van der Waals surface area contributed by atoms with Crippen LogP contribution >= 0.6 is 11.3 Å². The van der Waals surface area contributed by atoms with Crippen LogP contribution in [0.2, 0.25) is 0 Å². The highest BCUT2D eigenvalue weighted by atomic mass is 32.1. The summed E-state index contributed by atoms with van der Waals surface area (Å²) in [7, 11) is 0. The third-order valence-corrected chi connectivity index (χ3v) is 4.69. The molecule has 0 saturated carbocycles. The van der Waals surface area contributed by atoms with Crippen LogP contribution in [0.1, 0.15) is 51.9 Å². The molecule has 25 heavy (non-hydrogen) atoms. The van der Waals surface area contributed by atoms with Crippen molar-refractivity contribution < 1.29 is 9.59 Å². The molecule has 0 radical (unpaired) electrons. The predicted molar refractivity (Wildman–Crippen MR) is 104 cm³/mol. The van der Waals surface area contributed by atoms with Gasteiger partial charge < -0.3 is 11.1 Å². The minimum absolute atomic E-state index is 0.0156. The first-order chi connectivity index (χ1) is 12.1. The molecule has 1 aromatic carbocycles. The van der Waals surface area contributed by atoms with E-state index in [-0.39, 0.29) is 5.91 Å². The van der Waals surface area contributed by atoms with Crippen LogP contribution in [-0.2, 0) is 9.59 Å². The van der Waals surface area contributed by atoms with Crippen LogP contribution in [0.3, 0.4) is 0 Å². The van der Waals surface area contributed by atoms with Gasteiger partial charge in [0.2, 0.25) is 5.91 Å². The van der Waals surface area contributed by atoms with E-state index < -0.39 is 0 Å². The number of ketones is 1. The molecule has 0 aliphatic carbocycles. The van der Waals surface area contributed by atoms with Gasteiger partial charge in [-0.1, -0.05) is 31.9 Å². The number of hydrogen-bond donors (Lipinski definition) is 2. The molecule has 3 N–H and O–H groups in total. The number of benzene rings is 1. The second-order valence-corrected chi connectivity index (χ2v) is 6.88. The number of nitrogen functional groups attached to an aromatic ring is 1. The van der Waals surface area contributed by atoms with Crippen LogP contribution in [0, 0.1) is 0 Å². The summed E-state index contributed by atoms with van der Waals surface area (Å²) in [5, 5.41) is 5.37. The molecule has 1 aromatic heterocycles. The molecule has 2 aromatic rings. The Bertz CT molecular complexity index is 712. The van der Waals surface area contributed by atoms with Gasteiger partial charge in [0.1, 0.15) is 5.78 Å². The van der Waals surface area contributed by atoms with Crippen molar-refractivity contribution in [2.45, 2.75) is 51.9 Å². The zero-order valence-electron chi connectivity index (χ0n) is 14.6. The molecule has 6 heteroatoms.